The first-order valence-electron chi connectivity index (χ1n) is 5.22. The van der Waals surface area contributed by atoms with Crippen LogP contribution >= 0.6 is 11.6 Å². The molecule has 0 aliphatic rings. The maximum absolute atomic E-state index is 6.06. The first-order valence-corrected chi connectivity index (χ1v) is 5.60. The molecule has 2 aromatic carbocycles. The maximum Gasteiger partial charge on any atom is 0.212 e. The van der Waals surface area contributed by atoms with Gasteiger partial charge in [0.2, 0.25) is 5.52 Å². The molecule has 0 bridgehead atoms. The second-order valence-electron chi connectivity index (χ2n) is 3.99. The number of nitrogens with zero attached hydrogens (tertiary/aromatic N) is 1. The molecule has 0 amide bonds. The third-order valence-electron chi connectivity index (χ3n) is 2.92. The van der Waals surface area contributed by atoms with Crippen LogP contribution in [0.2, 0.25) is 5.02 Å². The van der Waals surface area contributed by atoms with Crippen molar-refractivity contribution in [2.45, 2.75) is 0 Å². The lowest BCUT2D eigenvalue weighted by atomic mass is 10.1. The molecule has 17 heavy (non-hydrogen) atoms. The van der Waals surface area contributed by atoms with Crippen LogP contribution < -0.4 is 17.0 Å². The molecule has 0 N–H and O–H groups in total. The normalized spacial score (nSPS) is 10.5. The largest absolute Gasteiger partial charge is 1.00 e. The van der Waals surface area contributed by atoms with Gasteiger partial charge in [-0.3, -0.25) is 0 Å². The lowest BCUT2D eigenvalue weighted by Gasteiger charge is -2.02. The summed E-state index contributed by atoms with van der Waals surface area (Å²) in [4.78, 5) is 0. The van der Waals surface area contributed by atoms with Crippen LogP contribution in [0.4, 0.5) is 0 Å². The lowest BCUT2D eigenvalue weighted by Crippen LogP contribution is -3.00. The fourth-order valence-electron chi connectivity index (χ4n) is 2.16. The van der Waals surface area contributed by atoms with Gasteiger partial charge in [-0.25, -0.2) is 4.57 Å². The van der Waals surface area contributed by atoms with Gasteiger partial charge in [0.15, 0.2) is 6.20 Å². The first-order chi connectivity index (χ1) is 7.75. The number of hydrogen-bond donors (Lipinski definition) is 0. The van der Waals surface area contributed by atoms with Gasteiger partial charge in [-0.05, 0) is 18.2 Å². The molecular weight excluding hydrogens is 253 g/mol. The molecule has 1 heterocycles. The molecule has 3 heteroatoms. The van der Waals surface area contributed by atoms with Crippen molar-refractivity contribution in [1.29, 1.82) is 0 Å². The molecule has 0 spiro atoms. The average molecular weight is 264 g/mol. The van der Waals surface area contributed by atoms with E-state index < -0.39 is 0 Å². The minimum absolute atomic E-state index is 0. The monoisotopic (exact) mass is 263 g/mol. The lowest BCUT2D eigenvalue weighted by molar-refractivity contribution is -0.643. The molecule has 0 aliphatic heterocycles. The van der Waals surface area contributed by atoms with E-state index in [-0.39, 0.29) is 12.4 Å². The fourth-order valence-corrected chi connectivity index (χ4v) is 2.34. The van der Waals surface area contributed by atoms with Gasteiger partial charge in [0.1, 0.15) is 7.05 Å². The Balaban J connectivity index is 0.00000108. The standard InChI is InChI=1S/C14H11ClN.ClH/c1-16-9-10-4-2-3-5-12(10)13-8-11(15)6-7-14(13)16;/h2-9H,1H3;1H/q+1;/p-1. The zero-order chi connectivity index (χ0) is 11.1. The van der Waals surface area contributed by atoms with Crippen LogP contribution in [-0.2, 0) is 7.05 Å². The van der Waals surface area contributed by atoms with Crippen molar-refractivity contribution in [2.75, 3.05) is 0 Å². The quantitative estimate of drug-likeness (QED) is 0.410. The highest BCUT2D eigenvalue weighted by Gasteiger charge is 2.09. The smallest absolute Gasteiger partial charge is 0.212 e. The van der Waals surface area contributed by atoms with Crippen molar-refractivity contribution in [3.63, 3.8) is 0 Å². The van der Waals surface area contributed by atoms with E-state index in [9.17, 15) is 0 Å². The Morgan fingerprint density at radius 2 is 1.76 bits per heavy atom. The van der Waals surface area contributed by atoms with Crippen LogP contribution in [0.25, 0.3) is 21.7 Å². The Kier molecular flexibility index (Phi) is 3.23. The maximum atomic E-state index is 6.06. The summed E-state index contributed by atoms with van der Waals surface area (Å²) in [6, 6.07) is 14.4. The second kappa shape index (κ2) is 4.52. The Morgan fingerprint density at radius 1 is 1.00 bits per heavy atom. The highest BCUT2D eigenvalue weighted by molar-refractivity contribution is 6.31. The van der Waals surface area contributed by atoms with Gasteiger partial charge in [0.25, 0.3) is 0 Å². The van der Waals surface area contributed by atoms with Crippen LogP contribution in [0, 0.1) is 0 Å². The third-order valence-corrected chi connectivity index (χ3v) is 3.16. The second-order valence-corrected chi connectivity index (χ2v) is 4.43. The van der Waals surface area contributed by atoms with E-state index in [1.165, 1.54) is 21.7 Å². The molecule has 3 rings (SSSR count). The molecule has 0 unspecified atom stereocenters. The predicted molar refractivity (Wildman–Crippen MR) is 67.6 cm³/mol. The third kappa shape index (κ3) is 1.97. The number of aryl methyl sites for hydroxylation is 1. The zero-order valence-corrected chi connectivity index (χ0v) is 10.8. The Bertz CT molecular complexity index is 692. The van der Waals surface area contributed by atoms with Crippen molar-refractivity contribution in [2.24, 2.45) is 7.05 Å². The highest BCUT2D eigenvalue weighted by Crippen LogP contribution is 2.24. The predicted octanol–water partition coefficient (Wildman–Crippen LogP) is 0.475. The minimum Gasteiger partial charge on any atom is -1.00 e. The van der Waals surface area contributed by atoms with E-state index in [1.807, 2.05) is 12.1 Å². The molecule has 0 aliphatic carbocycles. The number of fused-ring (bicyclic) bond motifs is 3. The molecular formula is C14H11Cl2N. The van der Waals surface area contributed by atoms with Gasteiger partial charge in [-0.15, -0.1) is 0 Å². The molecule has 1 nitrogen and oxygen atoms in total. The van der Waals surface area contributed by atoms with E-state index in [2.05, 4.69) is 48.1 Å². The average Bonchev–Trinajstić information content (AvgIpc) is 2.29. The number of hydrogen-bond acceptors (Lipinski definition) is 0. The molecule has 0 atom stereocenters. The number of halogens is 2. The Labute approximate surface area is 111 Å². The molecule has 0 saturated carbocycles. The van der Waals surface area contributed by atoms with E-state index in [4.69, 9.17) is 11.6 Å². The summed E-state index contributed by atoms with van der Waals surface area (Å²) >= 11 is 6.06. The summed E-state index contributed by atoms with van der Waals surface area (Å²) in [5, 5.41) is 4.47. The van der Waals surface area contributed by atoms with Crippen molar-refractivity contribution in [3.8, 4) is 0 Å². The van der Waals surface area contributed by atoms with Crippen molar-refractivity contribution < 1.29 is 17.0 Å². The zero-order valence-electron chi connectivity index (χ0n) is 9.32. The SMILES string of the molecule is C[n+]1cc2ccccc2c2cc(Cl)ccc21.[Cl-]. The molecule has 0 saturated heterocycles. The molecule has 3 aromatic rings. The van der Waals surface area contributed by atoms with Gasteiger partial charge >= 0.3 is 0 Å². The number of pyridine rings is 1. The number of aromatic nitrogens is 1. The van der Waals surface area contributed by atoms with E-state index in [1.54, 1.807) is 0 Å². The molecule has 0 fully saturated rings. The minimum atomic E-state index is 0. The van der Waals surface area contributed by atoms with Crippen molar-refractivity contribution >= 4 is 33.3 Å². The summed E-state index contributed by atoms with van der Waals surface area (Å²) in [5.74, 6) is 0. The van der Waals surface area contributed by atoms with Gasteiger partial charge in [0.05, 0.1) is 5.39 Å². The fraction of sp³-hybridized carbons (Fsp3) is 0.0714. The number of rotatable bonds is 0. The van der Waals surface area contributed by atoms with E-state index in [0.29, 0.717) is 0 Å². The first kappa shape index (κ1) is 12.2. The van der Waals surface area contributed by atoms with Gasteiger partial charge in [0, 0.05) is 21.9 Å². The Morgan fingerprint density at radius 3 is 2.59 bits per heavy atom. The topological polar surface area (TPSA) is 3.88 Å². The van der Waals surface area contributed by atoms with E-state index >= 15 is 0 Å². The summed E-state index contributed by atoms with van der Waals surface area (Å²) in [7, 11) is 2.06. The van der Waals surface area contributed by atoms with E-state index in [0.717, 1.165) is 5.02 Å². The van der Waals surface area contributed by atoms with Gasteiger partial charge < -0.3 is 12.4 Å². The van der Waals surface area contributed by atoms with Gasteiger partial charge in [-0.2, -0.15) is 0 Å². The van der Waals surface area contributed by atoms with Crippen LogP contribution in [-0.4, -0.2) is 0 Å². The van der Waals surface area contributed by atoms with Crippen molar-refractivity contribution in [1.82, 2.24) is 0 Å². The van der Waals surface area contributed by atoms with Crippen LogP contribution in [0.1, 0.15) is 0 Å². The summed E-state index contributed by atoms with van der Waals surface area (Å²) < 4.78 is 2.13. The summed E-state index contributed by atoms with van der Waals surface area (Å²) in [5.41, 5.74) is 1.20. The molecule has 1 aromatic heterocycles. The summed E-state index contributed by atoms with van der Waals surface area (Å²) in [6.45, 7) is 0. The van der Waals surface area contributed by atoms with Crippen molar-refractivity contribution in [3.05, 3.63) is 53.7 Å². The Hall–Kier alpha value is -1.31. The van der Waals surface area contributed by atoms with Gasteiger partial charge in [-0.1, -0.05) is 29.8 Å². The van der Waals surface area contributed by atoms with Crippen LogP contribution in [0.15, 0.2) is 48.7 Å². The highest BCUT2D eigenvalue weighted by atomic mass is 35.5. The molecule has 86 valence electrons. The number of benzene rings is 2. The van der Waals surface area contributed by atoms with Crippen LogP contribution in [0.5, 0.6) is 0 Å². The summed E-state index contributed by atoms with van der Waals surface area (Å²) in [6.07, 6.45) is 2.14. The molecule has 0 radical (unpaired) electrons. The van der Waals surface area contributed by atoms with Crippen LogP contribution in [0.3, 0.4) is 0 Å².